The fraction of sp³-hybridized carbons (Fsp3) is 0.143. The molecule has 1 aromatic carbocycles. The Morgan fingerprint density at radius 1 is 1.29 bits per heavy atom. The zero-order valence-electron chi connectivity index (χ0n) is 7.56. The molecule has 0 bridgehead atoms. The monoisotopic (exact) mass is 356 g/mol. The molecule has 1 rings (SSSR count). The maximum absolute atomic E-state index is 13.0. The predicted molar refractivity (Wildman–Crippen MR) is 53.8 cm³/mol. The molecule has 0 saturated heterocycles. The predicted octanol–water partition coefficient (Wildman–Crippen LogP) is 3.41. The van der Waals surface area contributed by atoms with Gasteiger partial charge in [0.15, 0.2) is 5.75 Å². The van der Waals surface area contributed by atoms with Gasteiger partial charge < -0.3 is 4.74 Å². The van der Waals surface area contributed by atoms with Crippen LogP contribution in [0.1, 0.15) is 0 Å². The Balaban J connectivity index is 3.42. The largest absolute Gasteiger partial charge is 0.573 e. The van der Waals surface area contributed by atoms with Gasteiger partial charge >= 0.3 is 6.36 Å². The summed E-state index contributed by atoms with van der Waals surface area (Å²) in [6.45, 7) is 0. The van der Waals surface area contributed by atoms with E-state index in [-0.39, 0.29) is 4.47 Å². The highest BCUT2D eigenvalue weighted by atomic mass is 79.9. The lowest BCUT2D eigenvalue weighted by Crippen LogP contribution is -2.18. The molecule has 0 unspecified atom stereocenters. The van der Waals surface area contributed by atoms with Gasteiger partial charge in [-0.1, -0.05) is 0 Å². The highest BCUT2D eigenvalue weighted by Gasteiger charge is 2.34. The highest BCUT2D eigenvalue weighted by Crippen LogP contribution is 2.35. The van der Waals surface area contributed by atoms with Crippen molar-refractivity contribution in [1.82, 2.24) is 0 Å². The fourth-order valence-electron chi connectivity index (χ4n) is 0.905. The first-order chi connectivity index (χ1) is 7.50. The Kier molecular flexibility index (Phi) is 3.94. The van der Waals surface area contributed by atoms with Crippen LogP contribution in [0.2, 0.25) is 0 Å². The molecule has 1 aromatic rings. The van der Waals surface area contributed by atoms with Crippen LogP contribution in [0.3, 0.4) is 0 Å². The van der Waals surface area contributed by atoms with E-state index in [0.717, 1.165) is 0 Å². The Hall–Kier alpha value is -0.540. The molecule has 0 heterocycles. The normalized spacial score (nSPS) is 12.6. The summed E-state index contributed by atoms with van der Waals surface area (Å²) in [5.41, 5.74) is 0. The second-order valence-corrected chi connectivity index (χ2v) is 6.09. The van der Waals surface area contributed by atoms with Crippen LogP contribution in [0.5, 0.6) is 5.75 Å². The molecule has 0 spiro atoms. The summed E-state index contributed by atoms with van der Waals surface area (Å²) >= 11 is 2.59. The first kappa shape index (κ1) is 14.5. The van der Waals surface area contributed by atoms with E-state index in [4.69, 9.17) is 10.7 Å². The molecule has 0 radical (unpaired) electrons. The Bertz CT molecular complexity index is 543. The van der Waals surface area contributed by atoms with Crippen LogP contribution in [-0.4, -0.2) is 14.8 Å². The fourth-order valence-corrected chi connectivity index (χ4v) is 2.17. The smallest absolute Gasteiger partial charge is 0.404 e. The van der Waals surface area contributed by atoms with E-state index in [1.807, 2.05) is 0 Å². The van der Waals surface area contributed by atoms with Crippen LogP contribution in [0, 0.1) is 5.82 Å². The summed E-state index contributed by atoms with van der Waals surface area (Å²) < 4.78 is 73.9. The van der Waals surface area contributed by atoms with Crippen molar-refractivity contribution in [2.75, 3.05) is 0 Å². The van der Waals surface area contributed by atoms with Crippen LogP contribution in [-0.2, 0) is 9.05 Å². The van der Waals surface area contributed by atoms with Crippen molar-refractivity contribution >= 4 is 35.7 Å². The van der Waals surface area contributed by atoms with Crippen molar-refractivity contribution in [3.05, 3.63) is 22.4 Å². The molecule has 0 N–H and O–H groups in total. The third-order valence-corrected chi connectivity index (χ3v) is 3.43. The van der Waals surface area contributed by atoms with Crippen molar-refractivity contribution in [1.29, 1.82) is 0 Å². The minimum atomic E-state index is -5.12. The summed E-state index contributed by atoms with van der Waals surface area (Å²) in [5.74, 6) is -2.19. The Morgan fingerprint density at radius 2 is 1.82 bits per heavy atom. The van der Waals surface area contributed by atoms with Crippen LogP contribution < -0.4 is 4.74 Å². The zero-order chi connectivity index (χ0) is 13.4. The van der Waals surface area contributed by atoms with E-state index in [1.165, 1.54) is 0 Å². The van der Waals surface area contributed by atoms with Crippen LogP contribution >= 0.6 is 26.6 Å². The van der Waals surface area contributed by atoms with E-state index in [9.17, 15) is 26.0 Å². The molecule has 0 aliphatic carbocycles. The third kappa shape index (κ3) is 4.00. The summed E-state index contributed by atoms with van der Waals surface area (Å²) in [4.78, 5) is -1.10. The van der Waals surface area contributed by atoms with Crippen molar-refractivity contribution in [2.24, 2.45) is 0 Å². The Labute approximate surface area is 106 Å². The molecule has 0 aromatic heterocycles. The quantitative estimate of drug-likeness (QED) is 0.602. The molecule has 0 aliphatic rings. The van der Waals surface area contributed by atoms with Gasteiger partial charge in [-0.3, -0.25) is 0 Å². The Morgan fingerprint density at radius 3 is 2.24 bits per heavy atom. The van der Waals surface area contributed by atoms with Gasteiger partial charge in [-0.05, 0) is 28.1 Å². The maximum Gasteiger partial charge on any atom is 0.573 e. The first-order valence-electron chi connectivity index (χ1n) is 3.70. The zero-order valence-corrected chi connectivity index (χ0v) is 10.7. The number of halogens is 6. The van der Waals surface area contributed by atoms with Gasteiger partial charge in [0, 0.05) is 10.7 Å². The summed E-state index contributed by atoms with van der Waals surface area (Å²) in [7, 11) is 0.301. The minimum absolute atomic E-state index is 0.327. The third-order valence-electron chi connectivity index (χ3n) is 1.48. The van der Waals surface area contributed by atoms with E-state index in [1.54, 1.807) is 0 Å². The first-order valence-corrected chi connectivity index (χ1v) is 6.80. The van der Waals surface area contributed by atoms with Crippen LogP contribution in [0.25, 0.3) is 0 Å². The van der Waals surface area contributed by atoms with E-state index in [0.29, 0.717) is 12.1 Å². The lowest BCUT2D eigenvalue weighted by molar-refractivity contribution is -0.275. The molecule has 10 heteroatoms. The minimum Gasteiger partial charge on any atom is -0.404 e. The van der Waals surface area contributed by atoms with Crippen LogP contribution in [0.4, 0.5) is 17.6 Å². The number of rotatable bonds is 2. The van der Waals surface area contributed by atoms with Crippen molar-refractivity contribution < 1.29 is 30.7 Å². The van der Waals surface area contributed by atoms with Crippen LogP contribution in [0.15, 0.2) is 21.5 Å². The highest BCUT2D eigenvalue weighted by molar-refractivity contribution is 9.10. The SMILES string of the molecule is O=S(=O)(Cl)c1cc(F)c(Br)cc1OC(F)(F)F. The molecular formula is C7H2BrClF4O3S. The molecule has 0 atom stereocenters. The van der Waals surface area contributed by atoms with Gasteiger partial charge in [-0.2, -0.15) is 0 Å². The van der Waals surface area contributed by atoms with Gasteiger partial charge in [-0.15, -0.1) is 13.2 Å². The molecule has 3 nitrogen and oxygen atoms in total. The standard InChI is InChI=1S/C7H2BrClF4O3S/c8-3-1-5(16-7(11,12)13)6(2-4(3)10)17(9,14)15/h1-2H. The molecule has 0 fully saturated rings. The molecule has 0 aliphatic heterocycles. The summed E-state index contributed by atoms with van der Waals surface area (Å²) in [6, 6.07) is 0.853. The van der Waals surface area contributed by atoms with Gasteiger partial charge in [-0.25, -0.2) is 12.8 Å². The van der Waals surface area contributed by atoms with E-state index < -0.39 is 31.9 Å². The number of benzene rings is 1. The van der Waals surface area contributed by atoms with Crippen molar-refractivity contribution in [3.8, 4) is 5.75 Å². The van der Waals surface area contributed by atoms with E-state index in [2.05, 4.69) is 20.7 Å². The molecule has 96 valence electrons. The van der Waals surface area contributed by atoms with Crippen molar-refractivity contribution in [2.45, 2.75) is 11.3 Å². The average Bonchev–Trinajstić information content (AvgIpc) is 2.06. The van der Waals surface area contributed by atoms with Gasteiger partial charge in [0.25, 0.3) is 9.05 Å². The molecular weight excluding hydrogens is 355 g/mol. The second kappa shape index (κ2) is 4.62. The summed E-state index contributed by atoms with van der Waals surface area (Å²) in [5, 5.41) is 0. The van der Waals surface area contributed by atoms with Gasteiger partial charge in [0.1, 0.15) is 10.7 Å². The molecule has 0 amide bonds. The maximum atomic E-state index is 13.0. The number of hydrogen-bond donors (Lipinski definition) is 0. The number of hydrogen-bond acceptors (Lipinski definition) is 3. The lowest BCUT2D eigenvalue weighted by Gasteiger charge is -2.12. The average molecular weight is 358 g/mol. The summed E-state index contributed by atoms with van der Waals surface area (Å²) in [6.07, 6.45) is -5.12. The second-order valence-electron chi connectivity index (χ2n) is 2.70. The molecule has 0 saturated carbocycles. The van der Waals surface area contributed by atoms with E-state index >= 15 is 0 Å². The van der Waals surface area contributed by atoms with Gasteiger partial charge in [0.2, 0.25) is 0 Å². The number of ether oxygens (including phenoxy) is 1. The lowest BCUT2D eigenvalue weighted by atomic mass is 10.3. The topological polar surface area (TPSA) is 43.4 Å². The van der Waals surface area contributed by atoms with Crippen molar-refractivity contribution in [3.63, 3.8) is 0 Å². The number of alkyl halides is 3. The molecule has 17 heavy (non-hydrogen) atoms. The van der Waals surface area contributed by atoms with Gasteiger partial charge in [0.05, 0.1) is 4.47 Å².